The predicted molar refractivity (Wildman–Crippen MR) is 101 cm³/mol. The van der Waals surface area contributed by atoms with Crippen molar-refractivity contribution in [2.75, 3.05) is 0 Å². The first-order valence-corrected chi connectivity index (χ1v) is 9.49. The molecule has 0 fully saturated rings. The predicted octanol–water partition coefficient (Wildman–Crippen LogP) is 7.24. The van der Waals surface area contributed by atoms with Crippen molar-refractivity contribution in [2.24, 2.45) is 5.92 Å². The van der Waals surface area contributed by atoms with Gasteiger partial charge in [-0.05, 0) is 74.3 Å². The lowest BCUT2D eigenvalue weighted by Gasteiger charge is -2.15. The van der Waals surface area contributed by atoms with Crippen LogP contribution in [0.4, 0.5) is 0 Å². The average molecular weight is 303 g/mol. The minimum Gasteiger partial charge on any atom is -0.0628 e. The molecular weight excluding hydrogens is 264 g/mol. The second kappa shape index (κ2) is 10.1. The monoisotopic (exact) mass is 302 g/mol. The van der Waals surface area contributed by atoms with Gasteiger partial charge in [0.05, 0.1) is 0 Å². The molecule has 0 heteroatoms. The SMILES string of the molecule is Cc1cc(C)c(CCCCCCCCCC(C)C)c(C)c1C. The summed E-state index contributed by atoms with van der Waals surface area (Å²) in [6, 6.07) is 2.37. The van der Waals surface area contributed by atoms with Gasteiger partial charge in [-0.1, -0.05) is 64.9 Å². The summed E-state index contributed by atoms with van der Waals surface area (Å²) < 4.78 is 0. The standard InChI is InChI=1S/C22H38/c1-17(2)14-12-10-8-7-9-11-13-15-22-19(4)16-18(3)20(5)21(22)6/h16-17H,7-15H2,1-6H3. The summed E-state index contributed by atoms with van der Waals surface area (Å²) >= 11 is 0. The van der Waals surface area contributed by atoms with Crippen LogP contribution in [0, 0.1) is 33.6 Å². The van der Waals surface area contributed by atoms with Crippen molar-refractivity contribution >= 4 is 0 Å². The highest BCUT2D eigenvalue weighted by molar-refractivity contribution is 5.43. The van der Waals surface area contributed by atoms with Gasteiger partial charge in [-0.2, -0.15) is 0 Å². The average Bonchev–Trinajstić information content (AvgIpc) is 2.46. The lowest BCUT2D eigenvalue weighted by molar-refractivity contribution is 0.509. The van der Waals surface area contributed by atoms with Crippen LogP contribution in [-0.4, -0.2) is 0 Å². The molecule has 0 N–H and O–H groups in total. The molecule has 0 aliphatic heterocycles. The third kappa shape index (κ3) is 6.55. The first kappa shape index (κ1) is 19.3. The Morgan fingerprint density at radius 3 is 1.82 bits per heavy atom. The lowest BCUT2D eigenvalue weighted by Crippen LogP contribution is -1.99. The van der Waals surface area contributed by atoms with E-state index in [0.717, 1.165) is 5.92 Å². The maximum Gasteiger partial charge on any atom is -0.0274 e. The largest absolute Gasteiger partial charge is 0.0628 e. The molecule has 0 saturated carbocycles. The highest BCUT2D eigenvalue weighted by Crippen LogP contribution is 2.23. The smallest absolute Gasteiger partial charge is 0.0274 e. The van der Waals surface area contributed by atoms with E-state index in [2.05, 4.69) is 47.6 Å². The van der Waals surface area contributed by atoms with Crippen molar-refractivity contribution < 1.29 is 0 Å². The molecule has 0 amide bonds. The third-order valence-corrected chi connectivity index (χ3v) is 5.22. The summed E-state index contributed by atoms with van der Waals surface area (Å²) in [6.07, 6.45) is 12.6. The zero-order chi connectivity index (χ0) is 16.5. The van der Waals surface area contributed by atoms with Crippen LogP contribution in [0.15, 0.2) is 6.07 Å². The molecule has 0 heterocycles. The van der Waals surface area contributed by atoms with Crippen molar-refractivity contribution in [2.45, 2.75) is 99.3 Å². The molecule has 0 nitrogen and oxygen atoms in total. The quantitative estimate of drug-likeness (QED) is 0.399. The summed E-state index contributed by atoms with van der Waals surface area (Å²) in [6.45, 7) is 13.7. The van der Waals surface area contributed by atoms with E-state index < -0.39 is 0 Å². The van der Waals surface area contributed by atoms with E-state index in [1.54, 1.807) is 5.56 Å². The molecule has 0 aliphatic carbocycles. The summed E-state index contributed by atoms with van der Waals surface area (Å²) in [5, 5.41) is 0. The van der Waals surface area contributed by atoms with Crippen LogP contribution in [0.2, 0.25) is 0 Å². The van der Waals surface area contributed by atoms with Crippen molar-refractivity contribution in [1.82, 2.24) is 0 Å². The Kier molecular flexibility index (Phi) is 8.83. The molecule has 1 rings (SSSR count). The zero-order valence-corrected chi connectivity index (χ0v) is 16.0. The Labute approximate surface area is 139 Å². The van der Waals surface area contributed by atoms with E-state index in [9.17, 15) is 0 Å². The van der Waals surface area contributed by atoms with Crippen LogP contribution in [0.3, 0.4) is 0 Å². The lowest BCUT2D eigenvalue weighted by atomic mass is 9.91. The molecule has 22 heavy (non-hydrogen) atoms. The molecule has 126 valence electrons. The molecule has 0 aliphatic rings. The van der Waals surface area contributed by atoms with Gasteiger partial charge >= 0.3 is 0 Å². The van der Waals surface area contributed by atoms with Gasteiger partial charge in [-0.25, -0.2) is 0 Å². The molecule has 0 aromatic heterocycles. The number of aryl methyl sites for hydroxylation is 2. The van der Waals surface area contributed by atoms with Gasteiger partial charge in [0.2, 0.25) is 0 Å². The van der Waals surface area contributed by atoms with Gasteiger partial charge in [0, 0.05) is 0 Å². The maximum atomic E-state index is 2.37. The van der Waals surface area contributed by atoms with Crippen LogP contribution >= 0.6 is 0 Å². The fourth-order valence-electron chi connectivity index (χ4n) is 3.46. The van der Waals surface area contributed by atoms with E-state index >= 15 is 0 Å². The van der Waals surface area contributed by atoms with Crippen LogP contribution < -0.4 is 0 Å². The van der Waals surface area contributed by atoms with Crippen LogP contribution in [-0.2, 0) is 6.42 Å². The molecule has 0 spiro atoms. The second-order valence-electron chi connectivity index (χ2n) is 7.65. The van der Waals surface area contributed by atoms with Gasteiger partial charge in [0.15, 0.2) is 0 Å². The van der Waals surface area contributed by atoms with E-state index in [4.69, 9.17) is 0 Å². The first-order valence-electron chi connectivity index (χ1n) is 9.49. The van der Waals surface area contributed by atoms with Crippen molar-refractivity contribution in [1.29, 1.82) is 0 Å². The van der Waals surface area contributed by atoms with Gasteiger partial charge in [-0.15, -0.1) is 0 Å². The highest BCUT2D eigenvalue weighted by Gasteiger charge is 2.07. The summed E-state index contributed by atoms with van der Waals surface area (Å²) in [4.78, 5) is 0. The minimum absolute atomic E-state index is 0.879. The Morgan fingerprint density at radius 1 is 0.682 bits per heavy atom. The third-order valence-electron chi connectivity index (χ3n) is 5.22. The number of unbranched alkanes of at least 4 members (excludes halogenated alkanes) is 6. The first-order chi connectivity index (χ1) is 10.4. The summed E-state index contributed by atoms with van der Waals surface area (Å²) in [5.74, 6) is 0.879. The number of rotatable bonds is 10. The Hall–Kier alpha value is -0.780. The molecule has 0 saturated heterocycles. The van der Waals surface area contributed by atoms with E-state index in [0.29, 0.717) is 0 Å². The molecule has 0 unspecified atom stereocenters. The number of hydrogen-bond acceptors (Lipinski definition) is 0. The number of hydrogen-bond donors (Lipinski definition) is 0. The molecular formula is C22H38. The van der Waals surface area contributed by atoms with Gasteiger partial charge < -0.3 is 0 Å². The van der Waals surface area contributed by atoms with Gasteiger partial charge in [-0.3, -0.25) is 0 Å². The second-order valence-corrected chi connectivity index (χ2v) is 7.65. The fourth-order valence-corrected chi connectivity index (χ4v) is 3.46. The van der Waals surface area contributed by atoms with Crippen LogP contribution in [0.1, 0.15) is 93.0 Å². The molecule has 0 radical (unpaired) electrons. The van der Waals surface area contributed by atoms with E-state index in [1.165, 1.54) is 80.0 Å². The summed E-state index contributed by atoms with van der Waals surface area (Å²) in [7, 11) is 0. The molecule has 0 bridgehead atoms. The summed E-state index contributed by atoms with van der Waals surface area (Å²) in [5.41, 5.74) is 7.58. The van der Waals surface area contributed by atoms with Crippen molar-refractivity contribution in [3.63, 3.8) is 0 Å². The molecule has 1 aromatic rings. The van der Waals surface area contributed by atoms with Crippen LogP contribution in [0.25, 0.3) is 0 Å². The van der Waals surface area contributed by atoms with E-state index in [-0.39, 0.29) is 0 Å². The topological polar surface area (TPSA) is 0 Å². The van der Waals surface area contributed by atoms with Crippen molar-refractivity contribution in [3.05, 3.63) is 33.9 Å². The molecule has 1 aromatic carbocycles. The van der Waals surface area contributed by atoms with Gasteiger partial charge in [0.25, 0.3) is 0 Å². The fraction of sp³-hybridized carbons (Fsp3) is 0.727. The Balaban J connectivity index is 2.19. The minimum atomic E-state index is 0.879. The molecule has 0 atom stereocenters. The number of benzene rings is 1. The van der Waals surface area contributed by atoms with Gasteiger partial charge in [0.1, 0.15) is 0 Å². The van der Waals surface area contributed by atoms with Crippen molar-refractivity contribution in [3.8, 4) is 0 Å². The zero-order valence-electron chi connectivity index (χ0n) is 16.0. The highest BCUT2D eigenvalue weighted by atomic mass is 14.1. The normalized spacial score (nSPS) is 11.4. The Morgan fingerprint density at radius 2 is 1.23 bits per heavy atom. The maximum absolute atomic E-state index is 2.37. The Bertz CT molecular complexity index is 440. The van der Waals surface area contributed by atoms with E-state index in [1.807, 2.05) is 0 Å². The van der Waals surface area contributed by atoms with Crippen LogP contribution in [0.5, 0.6) is 0 Å².